The fourth-order valence-corrected chi connectivity index (χ4v) is 2.28. The molecule has 0 bridgehead atoms. The van der Waals surface area contributed by atoms with Crippen molar-refractivity contribution in [1.82, 2.24) is 5.32 Å². The van der Waals surface area contributed by atoms with Gasteiger partial charge in [0.05, 0.1) is 0 Å². The van der Waals surface area contributed by atoms with Gasteiger partial charge < -0.3 is 11.1 Å². The number of benzene rings is 2. The molecule has 2 aromatic rings. The van der Waals surface area contributed by atoms with E-state index in [9.17, 15) is 0 Å². The highest BCUT2D eigenvalue weighted by molar-refractivity contribution is 9.10. The minimum atomic E-state index is 0.813. The minimum absolute atomic E-state index is 0.813. The highest BCUT2D eigenvalue weighted by Gasteiger charge is 1.99. The molecule has 0 atom stereocenters. The first kappa shape index (κ1) is 13.1. The van der Waals surface area contributed by atoms with Crippen molar-refractivity contribution in [3.63, 3.8) is 0 Å². The van der Waals surface area contributed by atoms with Crippen LogP contribution in [0.1, 0.15) is 16.7 Å². The maximum Gasteiger partial charge on any atom is 0.0317 e. The maximum absolute atomic E-state index is 5.75. The lowest BCUT2D eigenvalue weighted by Crippen LogP contribution is -2.13. The quantitative estimate of drug-likeness (QED) is 0.847. The molecule has 0 aliphatic carbocycles. The van der Waals surface area contributed by atoms with E-state index >= 15 is 0 Å². The number of nitrogens with two attached hydrogens (primary N) is 1. The van der Waals surface area contributed by atoms with Crippen LogP contribution in [0.25, 0.3) is 0 Å². The predicted octanol–water partition coefficient (Wildman–Crippen LogP) is 3.63. The van der Waals surface area contributed by atoms with Gasteiger partial charge in [0.25, 0.3) is 0 Å². The summed E-state index contributed by atoms with van der Waals surface area (Å²) in [6.07, 6.45) is 0. The van der Waals surface area contributed by atoms with Gasteiger partial charge in [-0.25, -0.2) is 0 Å². The normalized spacial score (nSPS) is 10.6. The Morgan fingerprint density at radius 2 is 1.94 bits per heavy atom. The standard InChI is InChI=1S/C15H17BrN2/c1-11-5-6-14(16)8-13(11)10-18-9-12-3-2-4-15(17)7-12/h2-8,18H,9-10,17H2,1H3. The van der Waals surface area contributed by atoms with E-state index in [-0.39, 0.29) is 0 Å². The van der Waals surface area contributed by atoms with E-state index in [1.165, 1.54) is 16.7 Å². The number of nitrogens with one attached hydrogen (secondary N) is 1. The molecule has 0 spiro atoms. The van der Waals surface area contributed by atoms with Crippen LogP contribution < -0.4 is 11.1 Å². The molecule has 0 saturated carbocycles. The van der Waals surface area contributed by atoms with Crippen LogP contribution in [-0.2, 0) is 13.1 Å². The molecule has 2 rings (SSSR count). The molecular formula is C15H17BrN2. The third-order valence-electron chi connectivity index (χ3n) is 2.91. The van der Waals surface area contributed by atoms with Gasteiger partial charge >= 0.3 is 0 Å². The Balaban J connectivity index is 1.94. The Bertz CT molecular complexity index is 538. The molecule has 94 valence electrons. The van der Waals surface area contributed by atoms with Gasteiger partial charge in [-0.2, -0.15) is 0 Å². The summed E-state index contributed by atoms with van der Waals surface area (Å²) in [5.41, 5.74) is 10.4. The summed E-state index contributed by atoms with van der Waals surface area (Å²) in [4.78, 5) is 0. The second-order valence-electron chi connectivity index (χ2n) is 4.42. The van der Waals surface area contributed by atoms with Crippen LogP contribution in [-0.4, -0.2) is 0 Å². The van der Waals surface area contributed by atoms with Crippen molar-refractivity contribution in [2.24, 2.45) is 0 Å². The van der Waals surface area contributed by atoms with Crippen LogP contribution in [0.2, 0.25) is 0 Å². The molecule has 0 aliphatic rings. The van der Waals surface area contributed by atoms with Crippen LogP contribution in [0, 0.1) is 6.92 Å². The number of anilines is 1. The van der Waals surface area contributed by atoms with Crippen molar-refractivity contribution >= 4 is 21.6 Å². The van der Waals surface area contributed by atoms with Crippen molar-refractivity contribution in [2.45, 2.75) is 20.0 Å². The third-order valence-corrected chi connectivity index (χ3v) is 3.40. The summed E-state index contributed by atoms with van der Waals surface area (Å²) in [6, 6.07) is 14.3. The van der Waals surface area contributed by atoms with Gasteiger partial charge in [0.15, 0.2) is 0 Å². The highest BCUT2D eigenvalue weighted by Crippen LogP contribution is 2.16. The summed E-state index contributed by atoms with van der Waals surface area (Å²) in [5.74, 6) is 0. The zero-order valence-corrected chi connectivity index (χ0v) is 12.0. The fourth-order valence-electron chi connectivity index (χ4n) is 1.88. The number of nitrogen functional groups attached to an aromatic ring is 1. The zero-order chi connectivity index (χ0) is 13.0. The Hall–Kier alpha value is -1.32. The van der Waals surface area contributed by atoms with Gasteiger partial charge in [0.1, 0.15) is 0 Å². The summed E-state index contributed by atoms with van der Waals surface area (Å²) in [5, 5.41) is 3.44. The van der Waals surface area contributed by atoms with Crippen LogP contribution in [0.4, 0.5) is 5.69 Å². The van der Waals surface area contributed by atoms with Crippen molar-refractivity contribution in [3.05, 3.63) is 63.6 Å². The van der Waals surface area contributed by atoms with Crippen LogP contribution in [0.15, 0.2) is 46.9 Å². The summed E-state index contributed by atoms with van der Waals surface area (Å²) in [7, 11) is 0. The third kappa shape index (κ3) is 3.59. The van der Waals surface area contributed by atoms with Gasteiger partial charge in [-0.15, -0.1) is 0 Å². The number of hydrogen-bond donors (Lipinski definition) is 2. The lowest BCUT2D eigenvalue weighted by molar-refractivity contribution is 0.690. The number of aryl methyl sites for hydroxylation is 1. The smallest absolute Gasteiger partial charge is 0.0317 e. The molecule has 0 heterocycles. The van der Waals surface area contributed by atoms with Gasteiger partial charge in [-0.3, -0.25) is 0 Å². The second kappa shape index (κ2) is 6.03. The van der Waals surface area contributed by atoms with E-state index in [0.29, 0.717) is 0 Å². The zero-order valence-electron chi connectivity index (χ0n) is 10.4. The van der Waals surface area contributed by atoms with Crippen molar-refractivity contribution < 1.29 is 0 Å². The van der Waals surface area contributed by atoms with E-state index in [1.807, 2.05) is 18.2 Å². The van der Waals surface area contributed by atoms with Crippen LogP contribution in [0.5, 0.6) is 0 Å². The molecule has 0 aromatic heterocycles. The molecule has 0 fully saturated rings. The maximum atomic E-state index is 5.75. The largest absolute Gasteiger partial charge is 0.399 e. The van der Waals surface area contributed by atoms with E-state index in [2.05, 4.69) is 52.4 Å². The number of halogens is 1. The summed E-state index contributed by atoms with van der Waals surface area (Å²) >= 11 is 3.50. The molecule has 3 heteroatoms. The Morgan fingerprint density at radius 1 is 1.11 bits per heavy atom. The predicted molar refractivity (Wildman–Crippen MR) is 80.3 cm³/mol. The SMILES string of the molecule is Cc1ccc(Br)cc1CNCc1cccc(N)c1. The minimum Gasteiger partial charge on any atom is -0.399 e. The van der Waals surface area contributed by atoms with Gasteiger partial charge in [-0.1, -0.05) is 34.1 Å². The molecule has 0 unspecified atom stereocenters. The molecule has 0 aliphatic heterocycles. The monoisotopic (exact) mass is 304 g/mol. The molecule has 2 nitrogen and oxygen atoms in total. The van der Waals surface area contributed by atoms with E-state index in [0.717, 1.165) is 23.2 Å². The molecule has 3 N–H and O–H groups in total. The Kier molecular flexibility index (Phi) is 4.39. The second-order valence-corrected chi connectivity index (χ2v) is 5.34. The molecule has 0 amide bonds. The van der Waals surface area contributed by atoms with E-state index in [1.54, 1.807) is 0 Å². The molecule has 2 aromatic carbocycles. The molecule has 0 radical (unpaired) electrons. The molecule has 0 saturated heterocycles. The Morgan fingerprint density at radius 3 is 2.72 bits per heavy atom. The van der Waals surface area contributed by atoms with E-state index in [4.69, 9.17) is 5.73 Å². The van der Waals surface area contributed by atoms with Crippen molar-refractivity contribution in [1.29, 1.82) is 0 Å². The first-order valence-electron chi connectivity index (χ1n) is 5.95. The average Bonchev–Trinajstić information content (AvgIpc) is 2.34. The van der Waals surface area contributed by atoms with E-state index < -0.39 is 0 Å². The first-order chi connectivity index (χ1) is 8.65. The van der Waals surface area contributed by atoms with Gasteiger partial charge in [0.2, 0.25) is 0 Å². The fraction of sp³-hybridized carbons (Fsp3) is 0.200. The number of hydrogen-bond acceptors (Lipinski definition) is 2. The van der Waals surface area contributed by atoms with Gasteiger partial charge in [0, 0.05) is 23.2 Å². The first-order valence-corrected chi connectivity index (χ1v) is 6.74. The topological polar surface area (TPSA) is 38.0 Å². The Labute approximate surface area is 116 Å². The van der Waals surface area contributed by atoms with Gasteiger partial charge in [-0.05, 0) is 47.9 Å². The van der Waals surface area contributed by atoms with Crippen molar-refractivity contribution in [3.8, 4) is 0 Å². The lowest BCUT2D eigenvalue weighted by Gasteiger charge is -2.09. The molecular weight excluding hydrogens is 288 g/mol. The van der Waals surface area contributed by atoms with Crippen LogP contribution >= 0.6 is 15.9 Å². The summed E-state index contributed by atoms with van der Waals surface area (Å²) < 4.78 is 1.12. The van der Waals surface area contributed by atoms with Crippen LogP contribution in [0.3, 0.4) is 0 Å². The summed E-state index contributed by atoms with van der Waals surface area (Å²) in [6.45, 7) is 3.82. The van der Waals surface area contributed by atoms with Crippen molar-refractivity contribution in [2.75, 3.05) is 5.73 Å². The average molecular weight is 305 g/mol. The highest BCUT2D eigenvalue weighted by atomic mass is 79.9. The number of rotatable bonds is 4. The lowest BCUT2D eigenvalue weighted by atomic mass is 10.1. The molecule has 18 heavy (non-hydrogen) atoms.